The maximum absolute atomic E-state index is 11.0. The summed E-state index contributed by atoms with van der Waals surface area (Å²) in [7, 11) is 0. The third-order valence-electron chi connectivity index (χ3n) is 2.07. The lowest BCUT2D eigenvalue weighted by Crippen LogP contribution is -2.03. The van der Waals surface area contributed by atoms with Crippen molar-refractivity contribution in [3.63, 3.8) is 0 Å². The minimum absolute atomic E-state index is 0.240. The van der Waals surface area contributed by atoms with E-state index < -0.39 is 5.97 Å². The highest BCUT2D eigenvalue weighted by molar-refractivity contribution is 7.08. The second-order valence-corrected chi connectivity index (χ2v) is 4.11. The van der Waals surface area contributed by atoms with Crippen molar-refractivity contribution in [2.24, 2.45) is 0 Å². The van der Waals surface area contributed by atoms with Gasteiger partial charge in [0.15, 0.2) is 12.0 Å². The molecule has 0 aliphatic heterocycles. The molecule has 0 unspecified atom stereocenters. The van der Waals surface area contributed by atoms with E-state index in [-0.39, 0.29) is 5.75 Å². The van der Waals surface area contributed by atoms with Gasteiger partial charge in [-0.05, 0) is 11.5 Å². The van der Waals surface area contributed by atoms with Gasteiger partial charge in [-0.3, -0.25) is 9.59 Å². The lowest BCUT2D eigenvalue weighted by atomic mass is 10.1. The number of aromatic nitrogens is 1. The van der Waals surface area contributed by atoms with E-state index in [9.17, 15) is 9.59 Å². The Morgan fingerprint density at radius 1 is 1.35 bits per heavy atom. The van der Waals surface area contributed by atoms with Crippen LogP contribution in [0.1, 0.15) is 16.6 Å². The smallest absolute Gasteiger partial charge is 0.308 e. The highest BCUT2D eigenvalue weighted by Gasteiger charge is 2.17. The number of carbonyl (C=O) groups excluding carboxylic acids is 2. The van der Waals surface area contributed by atoms with Crippen LogP contribution in [-0.4, -0.2) is 16.6 Å². The van der Waals surface area contributed by atoms with Gasteiger partial charge in [0.1, 0.15) is 10.6 Å². The number of hydrogen-bond acceptors (Lipinski definition) is 5. The van der Waals surface area contributed by atoms with Gasteiger partial charge in [-0.2, -0.15) is 4.37 Å². The molecular formula is C12H9NO3S. The van der Waals surface area contributed by atoms with Crippen molar-refractivity contribution in [2.75, 3.05) is 0 Å². The van der Waals surface area contributed by atoms with Crippen LogP contribution in [0.25, 0.3) is 11.3 Å². The molecule has 1 aromatic heterocycles. The molecule has 0 N–H and O–H groups in total. The summed E-state index contributed by atoms with van der Waals surface area (Å²) in [5.41, 5.74) is 1.33. The number of carbonyl (C=O) groups is 2. The fraction of sp³-hybridized carbons (Fsp3) is 0.0833. The topological polar surface area (TPSA) is 56.3 Å². The first kappa shape index (κ1) is 11.5. The molecule has 17 heavy (non-hydrogen) atoms. The summed E-state index contributed by atoms with van der Waals surface area (Å²) in [6, 6.07) is 9.27. The zero-order valence-electron chi connectivity index (χ0n) is 9.04. The van der Waals surface area contributed by atoms with Crippen molar-refractivity contribution >= 4 is 23.8 Å². The number of aldehydes is 1. The summed E-state index contributed by atoms with van der Waals surface area (Å²) in [6.45, 7) is 1.29. The number of ether oxygens (including phenoxy) is 1. The van der Waals surface area contributed by atoms with Crippen LogP contribution in [-0.2, 0) is 4.79 Å². The molecule has 0 bridgehead atoms. The Labute approximate surface area is 102 Å². The average Bonchev–Trinajstić information content (AvgIpc) is 2.72. The molecule has 2 rings (SSSR count). The van der Waals surface area contributed by atoms with Crippen molar-refractivity contribution in [1.29, 1.82) is 0 Å². The normalized spacial score (nSPS) is 9.94. The molecule has 0 saturated carbocycles. The van der Waals surface area contributed by atoms with Gasteiger partial charge in [0.2, 0.25) is 0 Å². The summed E-state index contributed by atoms with van der Waals surface area (Å²) in [6.07, 6.45) is 0.641. The van der Waals surface area contributed by atoms with Gasteiger partial charge in [-0.15, -0.1) is 0 Å². The summed E-state index contributed by atoms with van der Waals surface area (Å²) in [5, 5.41) is 0. The fourth-order valence-electron chi connectivity index (χ4n) is 1.39. The lowest BCUT2D eigenvalue weighted by Gasteiger charge is -2.02. The Balaban J connectivity index is 2.51. The number of esters is 1. The van der Waals surface area contributed by atoms with Gasteiger partial charge in [0.05, 0.1) is 0 Å². The first-order valence-electron chi connectivity index (χ1n) is 4.91. The molecule has 2 aromatic rings. The standard InChI is InChI=1S/C12H9NO3S/c1-8(15)16-12-10(7-14)17-13-11(12)9-5-3-2-4-6-9/h2-7H,1H3. The zero-order valence-corrected chi connectivity index (χ0v) is 9.86. The fourth-order valence-corrected chi connectivity index (χ4v) is 2.03. The van der Waals surface area contributed by atoms with Crippen molar-refractivity contribution < 1.29 is 14.3 Å². The van der Waals surface area contributed by atoms with Crippen LogP contribution in [0.5, 0.6) is 5.75 Å². The average molecular weight is 247 g/mol. The van der Waals surface area contributed by atoms with Crippen LogP contribution in [0.2, 0.25) is 0 Å². The van der Waals surface area contributed by atoms with Crippen LogP contribution < -0.4 is 4.74 Å². The van der Waals surface area contributed by atoms with Gasteiger partial charge < -0.3 is 4.74 Å². The van der Waals surface area contributed by atoms with Gasteiger partial charge in [0, 0.05) is 12.5 Å². The van der Waals surface area contributed by atoms with E-state index >= 15 is 0 Å². The molecule has 0 saturated heterocycles. The van der Waals surface area contributed by atoms with E-state index in [0.717, 1.165) is 17.1 Å². The molecule has 0 spiro atoms. The monoisotopic (exact) mass is 247 g/mol. The maximum Gasteiger partial charge on any atom is 0.308 e. The van der Waals surface area contributed by atoms with Crippen LogP contribution in [0.15, 0.2) is 30.3 Å². The van der Waals surface area contributed by atoms with Gasteiger partial charge in [-0.25, -0.2) is 0 Å². The molecule has 86 valence electrons. The Bertz CT molecular complexity index is 548. The molecule has 0 radical (unpaired) electrons. The van der Waals surface area contributed by atoms with Crippen LogP contribution in [0, 0.1) is 0 Å². The largest absolute Gasteiger partial charge is 0.423 e. The quantitative estimate of drug-likeness (QED) is 0.617. The van der Waals surface area contributed by atoms with Crippen molar-refractivity contribution in [2.45, 2.75) is 6.92 Å². The molecule has 5 heteroatoms. The highest BCUT2D eigenvalue weighted by atomic mass is 32.1. The SMILES string of the molecule is CC(=O)Oc1c(-c2ccccc2)nsc1C=O. The summed E-state index contributed by atoms with van der Waals surface area (Å²) in [5.74, 6) is -0.228. The van der Waals surface area contributed by atoms with Gasteiger partial charge in [0.25, 0.3) is 0 Å². The highest BCUT2D eigenvalue weighted by Crippen LogP contribution is 2.34. The van der Waals surface area contributed by atoms with Crippen molar-refractivity contribution in [3.05, 3.63) is 35.2 Å². The summed E-state index contributed by atoms with van der Waals surface area (Å²) < 4.78 is 9.18. The summed E-state index contributed by atoms with van der Waals surface area (Å²) in [4.78, 5) is 22.2. The third-order valence-corrected chi connectivity index (χ3v) is 2.83. The molecule has 0 aliphatic rings. The molecular weight excluding hydrogens is 238 g/mol. The van der Waals surface area contributed by atoms with Crippen LogP contribution in [0.4, 0.5) is 0 Å². The minimum atomic E-state index is -0.467. The van der Waals surface area contributed by atoms with Crippen LogP contribution >= 0.6 is 11.5 Å². The van der Waals surface area contributed by atoms with E-state index in [1.165, 1.54) is 6.92 Å². The predicted octanol–water partition coefficient (Wildman–Crippen LogP) is 2.55. The van der Waals surface area contributed by atoms with E-state index in [0.29, 0.717) is 16.9 Å². The van der Waals surface area contributed by atoms with E-state index in [2.05, 4.69) is 4.37 Å². The Morgan fingerprint density at radius 3 is 2.65 bits per heavy atom. The van der Waals surface area contributed by atoms with Crippen molar-refractivity contribution in [3.8, 4) is 17.0 Å². The Kier molecular flexibility index (Phi) is 3.30. The Morgan fingerprint density at radius 2 is 2.06 bits per heavy atom. The minimum Gasteiger partial charge on any atom is -0.423 e. The lowest BCUT2D eigenvalue weighted by molar-refractivity contribution is -0.131. The van der Waals surface area contributed by atoms with Gasteiger partial charge >= 0.3 is 5.97 Å². The predicted molar refractivity (Wildman–Crippen MR) is 64.2 cm³/mol. The van der Waals surface area contributed by atoms with E-state index in [1.54, 1.807) is 0 Å². The molecule has 4 nitrogen and oxygen atoms in total. The third kappa shape index (κ3) is 2.39. The molecule has 0 fully saturated rings. The molecule has 0 atom stereocenters. The number of nitrogens with zero attached hydrogens (tertiary/aromatic N) is 1. The Hall–Kier alpha value is -2.01. The molecule has 1 heterocycles. The second kappa shape index (κ2) is 4.88. The zero-order chi connectivity index (χ0) is 12.3. The molecule has 1 aromatic carbocycles. The number of hydrogen-bond donors (Lipinski definition) is 0. The molecule has 0 aliphatic carbocycles. The number of benzene rings is 1. The van der Waals surface area contributed by atoms with Crippen molar-refractivity contribution in [1.82, 2.24) is 4.37 Å². The summed E-state index contributed by atoms with van der Waals surface area (Å²) >= 11 is 1.02. The van der Waals surface area contributed by atoms with E-state index in [1.807, 2.05) is 30.3 Å². The number of rotatable bonds is 3. The first-order valence-corrected chi connectivity index (χ1v) is 5.68. The van der Waals surface area contributed by atoms with Gasteiger partial charge in [-0.1, -0.05) is 30.3 Å². The maximum atomic E-state index is 11.0. The van der Waals surface area contributed by atoms with E-state index in [4.69, 9.17) is 4.74 Å². The molecule has 0 amide bonds. The van der Waals surface area contributed by atoms with Crippen LogP contribution in [0.3, 0.4) is 0 Å². The first-order chi connectivity index (χ1) is 8.22. The second-order valence-electron chi connectivity index (χ2n) is 3.30.